The molecule has 1 fully saturated rings. The Hall–Kier alpha value is -1.19. The van der Waals surface area contributed by atoms with Crippen molar-refractivity contribution in [2.45, 2.75) is 19.0 Å². The topological polar surface area (TPSA) is 9.23 Å². The molecule has 0 atom stereocenters. The molecule has 0 unspecified atom stereocenters. The zero-order chi connectivity index (χ0) is 10.9. The summed E-state index contributed by atoms with van der Waals surface area (Å²) in [5.41, 5.74) is -0.712. The lowest BCUT2D eigenvalue weighted by molar-refractivity contribution is -0.137. The van der Waals surface area contributed by atoms with E-state index in [9.17, 15) is 13.2 Å². The van der Waals surface area contributed by atoms with Crippen LogP contribution < -0.4 is 4.74 Å². The van der Waals surface area contributed by atoms with E-state index in [2.05, 4.69) is 6.07 Å². The Morgan fingerprint density at radius 1 is 1.33 bits per heavy atom. The molecule has 1 radical (unpaired) electrons. The van der Waals surface area contributed by atoms with Crippen LogP contribution in [0, 0.1) is 12.0 Å². The first-order valence-electron chi connectivity index (χ1n) is 4.77. The number of hydrogen-bond acceptors (Lipinski definition) is 1. The summed E-state index contributed by atoms with van der Waals surface area (Å²) in [7, 11) is 0. The lowest BCUT2D eigenvalue weighted by Crippen LogP contribution is -2.06. The fourth-order valence-electron chi connectivity index (χ4n) is 1.20. The monoisotopic (exact) mass is 215 g/mol. The highest BCUT2D eigenvalue weighted by atomic mass is 19.4. The Morgan fingerprint density at radius 2 is 2.07 bits per heavy atom. The van der Waals surface area contributed by atoms with Crippen molar-refractivity contribution in [1.29, 1.82) is 0 Å². The van der Waals surface area contributed by atoms with Crippen molar-refractivity contribution in [1.82, 2.24) is 0 Å². The van der Waals surface area contributed by atoms with Gasteiger partial charge in [0.2, 0.25) is 0 Å². The molecular weight excluding hydrogens is 205 g/mol. The first-order chi connectivity index (χ1) is 7.05. The Bertz CT molecular complexity index is 342. The van der Waals surface area contributed by atoms with Gasteiger partial charge in [0.15, 0.2) is 0 Å². The summed E-state index contributed by atoms with van der Waals surface area (Å²) in [4.78, 5) is 0. The van der Waals surface area contributed by atoms with E-state index in [4.69, 9.17) is 4.74 Å². The number of hydrogen-bond donors (Lipinski definition) is 0. The van der Waals surface area contributed by atoms with Crippen molar-refractivity contribution >= 4 is 0 Å². The average Bonchev–Trinajstić information content (AvgIpc) is 2.97. The summed E-state index contributed by atoms with van der Waals surface area (Å²) in [6, 6.07) is 5.80. The molecule has 0 bridgehead atoms. The van der Waals surface area contributed by atoms with E-state index in [0.29, 0.717) is 12.5 Å². The summed E-state index contributed by atoms with van der Waals surface area (Å²) in [5, 5.41) is 0. The molecule has 0 heterocycles. The largest absolute Gasteiger partial charge is 0.493 e. The lowest BCUT2D eigenvalue weighted by Gasteiger charge is -2.09. The maximum atomic E-state index is 12.3. The number of ether oxygens (including phenoxy) is 1. The second-order valence-corrected chi connectivity index (χ2v) is 3.71. The van der Waals surface area contributed by atoms with Crippen LogP contribution in [0.3, 0.4) is 0 Å². The molecule has 1 aliphatic rings. The van der Waals surface area contributed by atoms with Crippen LogP contribution in [0.4, 0.5) is 13.2 Å². The molecular formula is C11H10F3O. The van der Waals surface area contributed by atoms with Gasteiger partial charge >= 0.3 is 6.18 Å². The van der Waals surface area contributed by atoms with Crippen LogP contribution in [0.25, 0.3) is 0 Å². The molecule has 0 aromatic heterocycles. The highest BCUT2D eigenvalue weighted by Gasteiger charge is 2.30. The van der Waals surface area contributed by atoms with Gasteiger partial charge in [-0.15, -0.1) is 0 Å². The quantitative estimate of drug-likeness (QED) is 0.751. The van der Waals surface area contributed by atoms with E-state index >= 15 is 0 Å². The molecule has 1 nitrogen and oxygen atoms in total. The van der Waals surface area contributed by atoms with E-state index in [0.717, 1.165) is 25.0 Å². The molecule has 1 aromatic rings. The maximum absolute atomic E-state index is 12.3. The van der Waals surface area contributed by atoms with Crippen LogP contribution in [0.15, 0.2) is 18.2 Å². The van der Waals surface area contributed by atoms with Crippen molar-refractivity contribution in [2.75, 3.05) is 6.61 Å². The third-order valence-corrected chi connectivity index (χ3v) is 2.27. The maximum Gasteiger partial charge on any atom is 0.416 e. The van der Waals surface area contributed by atoms with Gasteiger partial charge in [-0.25, -0.2) is 0 Å². The molecule has 1 aliphatic carbocycles. The summed E-state index contributed by atoms with van der Waals surface area (Å²) < 4.78 is 42.1. The minimum absolute atomic E-state index is 0.247. The Labute approximate surface area is 85.9 Å². The van der Waals surface area contributed by atoms with Gasteiger partial charge in [0.1, 0.15) is 5.75 Å². The fourth-order valence-corrected chi connectivity index (χ4v) is 1.20. The molecule has 0 N–H and O–H groups in total. The Morgan fingerprint density at radius 3 is 2.67 bits per heavy atom. The first-order valence-corrected chi connectivity index (χ1v) is 4.77. The predicted molar refractivity (Wildman–Crippen MR) is 48.5 cm³/mol. The van der Waals surface area contributed by atoms with Gasteiger partial charge < -0.3 is 4.74 Å². The van der Waals surface area contributed by atoms with Crippen LogP contribution in [0.5, 0.6) is 5.75 Å². The average molecular weight is 215 g/mol. The zero-order valence-corrected chi connectivity index (χ0v) is 7.97. The molecule has 0 amide bonds. The molecule has 0 spiro atoms. The van der Waals surface area contributed by atoms with Gasteiger partial charge in [0, 0.05) is 0 Å². The molecule has 81 valence electrons. The van der Waals surface area contributed by atoms with Crippen molar-refractivity contribution in [2.24, 2.45) is 5.92 Å². The summed E-state index contributed by atoms with van der Waals surface area (Å²) in [6.07, 6.45) is -2.10. The number of rotatable bonds is 3. The number of alkyl halides is 3. The smallest absolute Gasteiger partial charge is 0.416 e. The van der Waals surface area contributed by atoms with Crippen molar-refractivity contribution in [3.05, 3.63) is 29.8 Å². The van der Waals surface area contributed by atoms with Gasteiger partial charge in [0.05, 0.1) is 12.2 Å². The highest BCUT2D eigenvalue weighted by Crippen LogP contribution is 2.33. The van der Waals surface area contributed by atoms with E-state index in [1.807, 2.05) is 0 Å². The normalized spacial score (nSPS) is 16.5. The zero-order valence-electron chi connectivity index (χ0n) is 7.97. The highest BCUT2D eigenvalue weighted by molar-refractivity contribution is 5.29. The van der Waals surface area contributed by atoms with E-state index in [1.54, 1.807) is 0 Å². The van der Waals surface area contributed by atoms with Crippen LogP contribution in [-0.2, 0) is 6.18 Å². The molecule has 0 aliphatic heterocycles. The van der Waals surface area contributed by atoms with Crippen LogP contribution in [0.2, 0.25) is 0 Å². The fraction of sp³-hybridized carbons (Fsp3) is 0.455. The van der Waals surface area contributed by atoms with E-state index in [-0.39, 0.29) is 5.75 Å². The van der Waals surface area contributed by atoms with Gasteiger partial charge in [0.25, 0.3) is 0 Å². The third-order valence-electron chi connectivity index (χ3n) is 2.27. The second-order valence-electron chi connectivity index (χ2n) is 3.71. The molecule has 15 heavy (non-hydrogen) atoms. The van der Waals surface area contributed by atoms with Crippen LogP contribution >= 0.6 is 0 Å². The van der Waals surface area contributed by atoms with Crippen molar-refractivity contribution in [3.8, 4) is 5.75 Å². The summed E-state index contributed by atoms with van der Waals surface area (Å²) in [5.74, 6) is 0.774. The lowest BCUT2D eigenvalue weighted by atomic mass is 10.2. The SMILES string of the molecule is FC(F)(F)c1c[c]cc(OCC2CC2)c1. The van der Waals surface area contributed by atoms with Gasteiger partial charge in [-0.1, -0.05) is 0 Å². The van der Waals surface area contributed by atoms with Crippen molar-refractivity contribution in [3.63, 3.8) is 0 Å². The van der Waals surface area contributed by atoms with Crippen LogP contribution in [0.1, 0.15) is 18.4 Å². The molecule has 2 rings (SSSR count). The standard InChI is InChI=1S/C11H10F3O/c12-11(13,14)9-2-1-3-10(6-9)15-7-8-4-5-8/h2-3,6,8H,4-5,7H2. The Balaban J connectivity index is 2.04. The van der Waals surface area contributed by atoms with Crippen LogP contribution in [-0.4, -0.2) is 6.61 Å². The van der Waals surface area contributed by atoms with E-state index < -0.39 is 11.7 Å². The predicted octanol–water partition coefficient (Wildman–Crippen LogP) is 3.29. The molecule has 0 saturated heterocycles. The van der Waals surface area contributed by atoms with Crippen molar-refractivity contribution < 1.29 is 17.9 Å². The van der Waals surface area contributed by atoms with Gasteiger partial charge in [-0.3, -0.25) is 0 Å². The Kier molecular flexibility index (Phi) is 2.59. The number of benzene rings is 1. The van der Waals surface area contributed by atoms with Gasteiger partial charge in [-0.2, -0.15) is 13.2 Å². The third kappa shape index (κ3) is 2.88. The molecule has 1 aromatic carbocycles. The van der Waals surface area contributed by atoms with Gasteiger partial charge in [-0.05, 0) is 43.0 Å². The second kappa shape index (κ2) is 3.76. The summed E-state index contributed by atoms with van der Waals surface area (Å²) in [6.45, 7) is 0.509. The molecule has 4 heteroatoms. The first kappa shape index (κ1) is 10.3. The van der Waals surface area contributed by atoms with E-state index in [1.165, 1.54) is 6.07 Å². The molecule has 1 saturated carbocycles. The minimum atomic E-state index is -4.32. The summed E-state index contributed by atoms with van der Waals surface area (Å²) >= 11 is 0. The minimum Gasteiger partial charge on any atom is -0.493 e. The number of halogens is 3.